The van der Waals surface area contributed by atoms with Crippen LogP contribution in [-0.2, 0) is 0 Å². The van der Waals surface area contributed by atoms with E-state index in [0.717, 1.165) is 32.6 Å². The van der Waals surface area contributed by atoms with Gasteiger partial charge in [0.15, 0.2) is 0 Å². The number of benzene rings is 1. The summed E-state index contributed by atoms with van der Waals surface area (Å²) in [6.45, 7) is 8.02. The normalized spacial score (nSPS) is 18.6. The second kappa shape index (κ2) is 6.72. The van der Waals surface area contributed by atoms with Gasteiger partial charge < -0.3 is 10.3 Å². The molecule has 1 aromatic rings. The third kappa shape index (κ3) is 2.94. The van der Waals surface area contributed by atoms with Crippen LogP contribution in [0.3, 0.4) is 0 Å². The lowest BCUT2D eigenvalue weighted by Gasteiger charge is -2.26. The highest BCUT2D eigenvalue weighted by Gasteiger charge is 2.30. The minimum Gasteiger partial charge on any atom is -0.337 e. The van der Waals surface area contributed by atoms with Gasteiger partial charge in [-0.15, -0.1) is 0 Å². The predicted molar refractivity (Wildman–Crippen MR) is 81.5 cm³/mol. The fourth-order valence-corrected chi connectivity index (χ4v) is 2.93. The zero-order valence-electron chi connectivity index (χ0n) is 12.3. The van der Waals surface area contributed by atoms with E-state index < -0.39 is 0 Å². The number of nitrogens with two attached hydrogens (primary N) is 1. The Bertz CT molecular complexity index is 459. The number of hydrogen-bond donors (Lipinski definition) is 2. The number of rotatable bonds is 5. The molecule has 1 heterocycles. The van der Waals surface area contributed by atoms with Crippen molar-refractivity contribution in [3.05, 3.63) is 29.8 Å². The molecule has 2 rings (SSSR count). The Morgan fingerprint density at radius 2 is 2.10 bits per heavy atom. The second-order valence-corrected chi connectivity index (χ2v) is 5.10. The van der Waals surface area contributed by atoms with Crippen molar-refractivity contribution in [3.63, 3.8) is 0 Å². The summed E-state index contributed by atoms with van der Waals surface area (Å²) in [4.78, 5) is 16.9. The van der Waals surface area contributed by atoms with Crippen LogP contribution in [0.2, 0.25) is 0 Å². The molecule has 1 aliphatic heterocycles. The Labute approximate surface area is 120 Å². The summed E-state index contributed by atoms with van der Waals surface area (Å²) in [6.07, 6.45) is 1.05. The van der Waals surface area contributed by atoms with Gasteiger partial charge in [-0.05, 0) is 31.6 Å². The zero-order valence-corrected chi connectivity index (χ0v) is 12.3. The van der Waals surface area contributed by atoms with Crippen molar-refractivity contribution in [2.24, 2.45) is 5.84 Å². The van der Waals surface area contributed by atoms with Crippen molar-refractivity contribution in [2.75, 3.05) is 31.6 Å². The van der Waals surface area contributed by atoms with Gasteiger partial charge in [0.05, 0.1) is 11.3 Å². The molecule has 20 heavy (non-hydrogen) atoms. The molecule has 3 N–H and O–H groups in total. The molecular weight excluding hydrogens is 252 g/mol. The summed E-state index contributed by atoms with van der Waals surface area (Å²) in [7, 11) is 0. The number of likely N-dealkylation sites (tertiary alicyclic amines) is 1. The van der Waals surface area contributed by atoms with Gasteiger partial charge in [0.2, 0.25) is 0 Å². The molecule has 1 unspecified atom stereocenters. The van der Waals surface area contributed by atoms with Crippen molar-refractivity contribution in [2.45, 2.75) is 26.3 Å². The number of anilines is 1. The monoisotopic (exact) mass is 276 g/mol. The molecule has 1 saturated heterocycles. The van der Waals surface area contributed by atoms with E-state index in [-0.39, 0.29) is 5.91 Å². The molecule has 1 atom stereocenters. The summed E-state index contributed by atoms with van der Waals surface area (Å²) in [5.74, 6) is 5.54. The Morgan fingerprint density at radius 3 is 2.75 bits per heavy atom. The van der Waals surface area contributed by atoms with Crippen LogP contribution in [0.4, 0.5) is 5.69 Å². The molecule has 0 saturated carbocycles. The van der Waals surface area contributed by atoms with E-state index in [1.807, 2.05) is 29.2 Å². The third-order valence-electron chi connectivity index (χ3n) is 4.09. The molecule has 0 bridgehead atoms. The average Bonchev–Trinajstić information content (AvgIpc) is 2.97. The lowest BCUT2D eigenvalue weighted by molar-refractivity contribution is 0.0779. The van der Waals surface area contributed by atoms with Crippen LogP contribution in [0, 0.1) is 0 Å². The van der Waals surface area contributed by atoms with Gasteiger partial charge in [-0.3, -0.25) is 15.5 Å². The number of hydrazine groups is 1. The van der Waals surface area contributed by atoms with Crippen LogP contribution in [-0.4, -0.2) is 47.9 Å². The van der Waals surface area contributed by atoms with Gasteiger partial charge in [0.25, 0.3) is 5.91 Å². The fraction of sp³-hybridized carbons (Fsp3) is 0.533. The van der Waals surface area contributed by atoms with E-state index in [0.29, 0.717) is 17.3 Å². The summed E-state index contributed by atoms with van der Waals surface area (Å²) >= 11 is 0. The number of carbonyl (C=O) groups is 1. The standard InChI is InChI=1S/C15H24N4O/c1-3-18(4-2)12-9-10-19(11-12)15(20)13-7-5-6-8-14(13)17-16/h5-8,12,17H,3-4,9-11,16H2,1-2H3. The molecular formula is C15H24N4O. The van der Waals surface area contributed by atoms with Crippen molar-refractivity contribution in [1.82, 2.24) is 9.80 Å². The maximum Gasteiger partial charge on any atom is 0.256 e. The van der Waals surface area contributed by atoms with Crippen molar-refractivity contribution >= 4 is 11.6 Å². The molecule has 1 aliphatic rings. The molecule has 1 amide bonds. The molecule has 110 valence electrons. The van der Waals surface area contributed by atoms with Gasteiger partial charge in [-0.2, -0.15) is 0 Å². The number of amides is 1. The van der Waals surface area contributed by atoms with Gasteiger partial charge >= 0.3 is 0 Å². The first-order valence-electron chi connectivity index (χ1n) is 7.30. The second-order valence-electron chi connectivity index (χ2n) is 5.10. The van der Waals surface area contributed by atoms with Crippen molar-refractivity contribution in [3.8, 4) is 0 Å². The van der Waals surface area contributed by atoms with Crippen molar-refractivity contribution in [1.29, 1.82) is 0 Å². The molecule has 0 aromatic heterocycles. The number of para-hydroxylation sites is 1. The number of nitrogens with one attached hydrogen (secondary N) is 1. The predicted octanol–water partition coefficient (Wildman–Crippen LogP) is 1.53. The first-order chi connectivity index (χ1) is 9.71. The maximum absolute atomic E-state index is 12.6. The maximum atomic E-state index is 12.6. The summed E-state index contributed by atoms with van der Waals surface area (Å²) in [5, 5.41) is 0. The Balaban J connectivity index is 2.08. The fourth-order valence-electron chi connectivity index (χ4n) is 2.93. The molecule has 5 heteroatoms. The summed E-state index contributed by atoms with van der Waals surface area (Å²) in [6, 6.07) is 7.86. The lowest BCUT2D eigenvalue weighted by Crippen LogP contribution is -2.38. The first kappa shape index (κ1) is 14.8. The van der Waals surface area contributed by atoms with Crippen LogP contribution in [0.5, 0.6) is 0 Å². The van der Waals surface area contributed by atoms with E-state index >= 15 is 0 Å². The first-order valence-corrected chi connectivity index (χ1v) is 7.30. The third-order valence-corrected chi connectivity index (χ3v) is 4.09. The lowest BCUT2D eigenvalue weighted by atomic mass is 10.1. The SMILES string of the molecule is CCN(CC)C1CCN(C(=O)c2ccccc2NN)C1. The Kier molecular flexibility index (Phi) is 4.98. The highest BCUT2D eigenvalue weighted by molar-refractivity contribution is 5.99. The van der Waals surface area contributed by atoms with Crippen LogP contribution >= 0.6 is 0 Å². The molecule has 1 aromatic carbocycles. The van der Waals surface area contributed by atoms with Crippen molar-refractivity contribution < 1.29 is 4.79 Å². The minimum absolute atomic E-state index is 0.0632. The largest absolute Gasteiger partial charge is 0.337 e. The van der Waals surface area contributed by atoms with Gasteiger partial charge in [0, 0.05) is 19.1 Å². The topological polar surface area (TPSA) is 61.6 Å². The van der Waals surface area contributed by atoms with E-state index in [1.54, 1.807) is 0 Å². The molecule has 5 nitrogen and oxygen atoms in total. The van der Waals surface area contributed by atoms with Gasteiger partial charge in [-0.1, -0.05) is 26.0 Å². The van der Waals surface area contributed by atoms with Crippen LogP contribution in [0.1, 0.15) is 30.6 Å². The van der Waals surface area contributed by atoms with E-state index in [9.17, 15) is 4.79 Å². The van der Waals surface area contributed by atoms with Gasteiger partial charge in [-0.25, -0.2) is 0 Å². The summed E-state index contributed by atoms with van der Waals surface area (Å²) in [5.41, 5.74) is 3.93. The van der Waals surface area contributed by atoms with E-state index in [4.69, 9.17) is 5.84 Å². The quantitative estimate of drug-likeness (QED) is 0.632. The zero-order chi connectivity index (χ0) is 14.5. The number of nitrogen functional groups attached to an aromatic ring is 1. The minimum atomic E-state index is 0.0632. The number of carbonyl (C=O) groups excluding carboxylic acids is 1. The average molecular weight is 276 g/mol. The van der Waals surface area contributed by atoms with E-state index in [2.05, 4.69) is 24.2 Å². The molecule has 1 fully saturated rings. The molecule has 0 spiro atoms. The number of nitrogens with zero attached hydrogens (tertiary/aromatic N) is 2. The number of hydrogen-bond acceptors (Lipinski definition) is 4. The van der Waals surface area contributed by atoms with Gasteiger partial charge in [0.1, 0.15) is 0 Å². The smallest absolute Gasteiger partial charge is 0.256 e. The molecule has 0 radical (unpaired) electrons. The Morgan fingerprint density at radius 1 is 1.40 bits per heavy atom. The Hall–Kier alpha value is -1.59. The van der Waals surface area contributed by atoms with Crippen LogP contribution < -0.4 is 11.3 Å². The van der Waals surface area contributed by atoms with Crippen LogP contribution in [0.15, 0.2) is 24.3 Å². The molecule has 0 aliphatic carbocycles. The number of likely N-dealkylation sites (N-methyl/N-ethyl adjacent to an activating group) is 1. The van der Waals surface area contributed by atoms with Crippen LogP contribution in [0.25, 0.3) is 0 Å². The summed E-state index contributed by atoms with van der Waals surface area (Å²) < 4.78 is 0. The highest BCUT2D eigenvalue weighted by atomic mass is 16.2. The highest BCUT2D eigenvalue weighted by Crippen LogP contribution is 2.21. The van der Waals surface area contributed by atoms with E-state index in [1.165, 1.54) is 0 Å².